The van der Waals surface area contributed by atoms with Crippen LogP contribution < -0.4 is 10.7 Å². The number of benzene rings is 1. The molecule has 0 aliphatic carbocycles. The van der Waals surface area contributed by atoms with Gasteiger partial charge in [0.15, 0.2) is 11.0 Å². The van der Waals surface area contributed by atoms with Crippen LogP contribution in [0.15, 0.2) is 21.3 Å². The molecule has 1 atom stereocenters. The van der Waals surface area contributed by atoms with E-state index in [4.69, 9.17) is 4.42 Å². The maximum Gasteiger partial charge on any atom is 0.449 e. The Morgan fingerprint density at radius 1 is 1.37 bits per heavy atom. The Morgan fingerprint density at radius 3 is 2.70 bits per heavy atom. The third kappa shape index (κ3) is 3.08. The Kier molecular flexibility index (Phi) is 4.94. The number of aromatic nitrogens is 2. The van der Waals surface area contributed by atoms with Gasteiger partial charge in [-0.05, 0) is 26.0 Å². The van der Waals surface area contributed by atoms with Crippen LogP contribution in [0, 0.1) is 5.82 Å². The van der Waals surface area contributed by atoms with Gasteiger partial charge >= 0.3 is 6.18 Å². The second-order valence-corrected chi connectivity index (χ2v) is 6.31. The smallest absolute Gasteiger partial charge is 0.449 e. The minimum Gasteiger partial charge on any atom is -0.458 e. The summed E-state index contributed by atoms with van der Waals surface area (Å²) >= 11 is 0. The van der Waals surface area contributed by atoms with Crippen LogP contribution in [0.3, 0.4) is 0 Å². The first-order chi connectivity index (χ1) is 12.3. The van der Waals surface area contributed by atoms with Crippen molar-refractivity contribution in [3.63, 3.8) is 0 Å². The van der Waals surface area contributed by atoms with Gasteiger partial charge in [0.25, 0.3) is 0 Å². The fraction of sp³-hybridized carbons (Fsp3) is 0.412. The highest BCUT2D eigenvalue weighted by Gasteiger charge is 2.38. The van der Waals surface area contributed by atoms with E-state index in [1.165, 1.54) is 13.0 Å². The standard InChI is InChI=1S/C17H15F4N3O2.ClH/c1-2-24-14-10(18)5-9-11(25)6-12(8-3-4-22-7-8)26-15(9)13(14)23-16(24)17(19,20)21;/h5-6,8,22H,2-4,7H2,1H3;1H. The van der Waals surface area contributed by atoms with Gasteiger partial charge in [0.05, 0.1) is 5.39 Å². The topological polar surface area (TPSA) is 60.1 Å². The van der Waals surface area contributed by atoms with Crippen LogP contribution in [0.4, 0.5) is 17.6 Å². The summed E-state index contributed by atoms with van der Waals surface area (Å²) in [5, 5.41) is 3.02. The molecule has 27 heavy (non-hydrogen) atoms. The predicted molar refractivity (Wildman–Crippen MR) is 93.9 cm³/mol. The maximum absolute atomic E-state index is 14.5. The van der Waals surface area contributed by atoms with Gasteiger partial charge in [0.2, 0.25) is 5.82 Å². The average molecular weight is 406 g/mol. The third-order valence-corrected chi connectivity index (χ3v) is 4.72. The van der Waals surface area contributed by atoms with Crippen molar-refractivity contribution in [2.75, 3.05) is 13.1 Å². The van der Waals surface area contributed by atoms with Crippen LogP contribution in [0.5, 0.6) is 0 Å². The molecule has 1 fully saturated rings. The Hall–Kier alpha value is -2.13. The van der Waals surface area contributed by atoms with Gasteiger partial charge in [0.1, 0.15) is 22.6 Å². The molecule has 3 aromatic rings. The number of nitrogens with one attached hydrogen (secondary N) is 1. The van der Waals surface area contributed by atoms with Gasteiger partial charge in [-0.3, -0.25) is 4.79 Å². The highest BCUT2D eigenvalue weighted by molar-refractivity contribution is 6.01. The lowest BCUT2D eigenvalue weighted by Crippen LogP contribution is -2.14. The third-order valence-electron chi connectivity index (χ3n) is 4.72. The van der Waals surface area contributed by atoms with E-state index < -0.39 is 23.2 Å². The van der Waals surface area contributed by atoms with Gasteiger partial charge in [-0.1, -0.05) is 0 Å². The van der Waals surface area contributed by atoms with Crippen LogP contribution in [-0.2, 0) is 12.7 Å². The van der Waals surface area contributed by atoms with Crippen LogP contribution in [0.25, 0.3) is 22.0 Å². The molecule has 1 aliphatic heterocycles. The number of hydrogen-bond donors (Lipinski definition) is 1. The number of nitrogens with zero attached hydrogens (tertiary/aromatic N) is 2. The second-order valence-electron chi connectivity index (χ2n) is 6.31. The van der Waals surface area contributed by atoms with E-state index in [2.05, 4.69) is 10.3 Å². The molecule has 0 saturated carbocycles. The molecule has 3 heterocycles. The first-order valence-corrected chi connectivity index (χ1v) is 8.25. The lowest BCUT2D eigenvalue weighted by Gasteiger charge is -2.10. The fourth-order valence-electron chi connectivity index (χ4n) is 3.51. The summed E-state index contributed by atoms with van der Waals surface area (Å²) in [6, 6.07) is 2.21. The van der Waals surface area contributed by atoms with E-state index >= 15 is 0 Å². The molecule has 0 spiro atoms. The van der Waals surface area contributed by atoms with Crippen molar-refractivity contribution in [1.82, 2.24) is 14.9 Å². The van der Waals surface area contributed by atoms with E-state index in [-0.39, 0.29) is 46.9 Å². The Morgan fingerprint density at radius 2 is 2.11 bits per heavy atom. The van der Waals surface area contributed by atoms with Crippen LogP contribution >= 0.6 is 12.4 Å². The molecule has 5 nitrogen and oxygen atoms in total. The van der Waals surface area contributed by atoms with Crippen molar-refractivity contribution in [2.45, 2.75) is 32.0 Å². The number of hydrogen-bond acceptors (Lipinski definition) is 4. The minimum atomic E-state index is -4.75. The van der Waals surface area contributed by atoms with Crippen LogP contribution in [0.2, 0.25) is 0 Å². The molecule has 1 saturated heterocycles. The van der Waals surface area contributed by atoms with E-state index in [1.807, 2.05) is 0 Å². The van der Waals surface area contributed by atoms with Crippen molar-refractivity contribution < 1.29 is 22.0 Å². The van der Waals surface area contributed by atoms with Gasteiger partial charge < -0.3 is 14.3 Å². The quantitative estimate of drug-likeness (QED) is 0.658. The summed E-state index contributed by atoms with van der Waals surface area (Å²) in [7, 11) is 0. The number of halogens is 5. The minimum absolute atomic E-state index is 0. The van der Waals surface area contributed by atoms with Gasteiger partial charge in [-0.2, -0.15) is 13.2 Å². The van der Waals surface area contributed by atoms with Gasteiger partial charge in [-0.15, -0.1) is 12.4 Å². The summed E-state index contributed by atoms with van der Waals surface area (Å²) < 4.78 is 61.0. The number of rotatable bonds is 2. The molecule has 0 radical (unpaired) electrons. The summed E-state index contributed by atoms with van der Waals surface area (Å²) in [5.41, 5.74) is -1.18. The van der Waals surface area contributed by atoms with Crippen molar-refractivity contribution >= 4 is 34.4 Å². The zero-order chi connectivity index (χ0) is 18.6. The summed E-state index contributed by atoms with van der Waals surface area (Å²) in [4.78, 5) is 16.0. The van der Waals surface area contributed by atoms with Crippen LogP contribution in [0.1, 0.15) is 30.8 Å². The van der Waals surface area contributed by atoms with E-state index in [1.54, 1.807) is 0 Å². The van der Waals surface area contributed by atoms with Crippen molar-refractivity contribution in [3.8, 4) is 0 Å². The van der Waals surface area contributed by atoms with E-state index in [9.17, 15) is 22.4 Å². The molecule has 0 amide bonds. The average Bonchev–Trinajstić information content (AvgIpc) is 3.23. The highest BCUT2D eigenvalue weighted by Crippen LogP contribution is 2.35. The molecule has 1 aromatic carbocycles. The molecule has 1 aliphatic rings. The number of imidazole rings is 1. The lowest BCUT2D eigenvalue weighted by atomic mass is 10.0. The number of fused-ring (bicyclic) bond motifs is 3. The number of alkyl halides is 3. The lowest BCUT2D eigenvalue weighted by molar-refractivity contribution is -0.146. The van der Waals surface area contributed by atoms with Gasteiger partial charge in [-0.25, -0.2) is 9.37 Å². The first kappa shape index (κ1) is 19.6. The predicted octanol–water partition coefficient (Wildman–Crippen LogP) is 3.82. The van der Waals surface area contributed by atoms with Crippen molar-refractivity contribution in [2.24, 2.45) is 0 Å². The summed E-state index contributed by atoms with van der Waals surface area (Å²) in [6.07, 6.45) is -4.00. The normalized spacial score (nSPS) is 17.6. The Bertz CT molecular complexity index is 1070. The van der Waals surface area contributed by atoms with Crippen molar-refractivity contribution in [3.05, 3.63) is 39.8 Å². The molecule has 1 unspecified atom stereocenters. The molecular formula is C17H16ClF4N3O2. The molecule has 1 N–H and O–H groups in total. The molecule has 10 heteroatoms. The SMILES string of the molecule is CCn1c(C(F)(F)F)nc2c3oc(C4CCNC4)cc(=O)c3cc(F)c21.Cl. The van der Waals surface area contributed by atoms with Gasteiger partial charge in [0, 0.05) is 25.1 Å². The van der Waals surface area contributed by atoms with E-state index in [0.717, 1.165) is 23.6 Å². The monoisotopic (exact) mass is 405 g/mol. The summed E-state index contributed by atoms with van der Waals surface area (Å²) in [5.74, 6) is -1.82. The highest BCUT2D eigenvalue weighted by atomic mass is 35.5. The molecule has 2 aromatic heterocycles. The summed E-state index contributed by atoms with van der Waals surface area (Å²) in [6.45, 7) is 2.71. The van der Waals surface area contributed by atoms with Crippen molar-refractivity contribution in [1.29, 1.82) is 0 Å². The first-order valence-electron chi connectivity index (χ1n) is 8.25. The molecule has 4 rings (SSSR count). The molecular weight excluding hydrogens is 390 g/mol. The zero-order valence-electron chi connectivity index (χ0n) is 14.2. The maximum atomic E-state index is 14.5. The second kappa shape index (κ2) is 6.79. The zero-order valence-corrected chi connectivity index (χ0v) is 15.0. The molecule has 146 valence electrons. The Balaban J connectivity index is 0.00000210. The van der Waals surface area contributed by atoms with Crippen LogP contribution in [-0.4, -0.2) is 22.6 Å². The van der Waals surface area contributed by atoms with E-state index in [0.29, 0.717) is 12.3 Å². The number of aryl methyl sites for hydroxylation is 1. The fourth-order valence-corrected chi connectivity index (χ4v) is 3.51. The largest absolute Gasteiger partial charge is 0.458 e. The molecule has 0 bridgehead atoms. The Labute approximate surface area is 156 Å².